The summed E-state index contributed by atoms with van der Waals surface area (Å²) in [5, 5.41) is 0. The molecule has 2 nitrogen and oxygen atoms in total. The summed E-state index contributed by atoms with van der Waals surface area (Å²) in [6, 6.07) is 0. The van der Waals surface area contributed by atoms with Crippen LogP contribution in [0.25, 0.3) is 0 Å². The quantitative estimate of drug-likeness (QED) is 0.638. The van der Waals surface area contributed by atoms with Crippen LogP contribution in [-0.4, -0.2) is 23.5 Å². The van der Waals surface area contributed by atoms with Gasteiger partial charge in [-0.15, -0.1) is 0 Å². The van der Waals surface area contributed by atoms with Crippen molar-refractivity contribution in [3.05, 3.63) is 0 Å². The summed E-state index contributed by atoms with van der Waals surface area (Å²) in [6.45, 7) is 2.28. The lowest BCUT2D eigenvalue weighted by molar-refractivity contribution is 0.259. The van der Waals surface area contributed by atoms with Crippen molar-refractivity contribution in [1.82, 2.24) is 0 Å². The molecular formula is C10H22O2Si. The fourth-order valence-corrected chi connectivity index (χ4v) is 4.17. The highest BCUT2D eigenvalue weighted by atomic mass is 28.3. The zero-order valence-electron chi connectivity index (χ0n) is 9.08. The summed E-state index contributed by atoms with van der Waals surface area (Å²) in [6.07, 6.45) is 7.05. The summed E-state index contributed by atoms with van der Waals surface area (Å²) in [5.74, 6) is 0.954. The Kier molecular flexibility index (Phi) is 4.99. The van der Waals surface area contributed by atoms with Gasteiger partial charge in [0.15, 0.2) is 0 Å². The number of hydrogen-bond donors (Lipinski definition) is 0. The van der Waals surface area contributed by atoms with Crippen molar-refractivity contribution in [2.75, 3.05) is 14.2 Å². The first-order valence-electron chi connectivity index (χ1n) is 5.33. The molecule has 0 aromatic heterocycles. The molecule has 0 amide bonds. The molecule has 1 saturated carbocycles. The third kappa shape index (κ3) is 3.41. The van der Waals surface area contributed by atoms with Gasteiger partial charge in [0.1, 0.15) is 0 Å². The summed E-state index contributed by atoms with van der Waals surface area (Å²) >= 11 is 0. The maximum Gasteiger partial charge on any atom is 0.323 e. The van der Waals surface area contributed by atoms with Crippen LogP contribution in [0, 0.1) is 5.92 Å². The minimum absolute atomic E-state index is 0.665. The third-order valence-corrected chi connectivity index (χ3v) is 5.24. The van der Waals surface area contributed by atoms with Crippen molar-refractivity contribution >= 4 is 9.28 Å². The van der Waals surface area contributed by atoms with Gasteiger partial charge in [-0.3, -0.25) is 0 Å². The molecular weight excluding hydrogens is 180 g/mol. The molecule has 0 heterocycles. The van der Waals surface area contributed by atoms with Gasteiger partial charge in [-0.2, -0.15) is 0 Å². The first-order chi connectivity index (χ1) is 6.27. The SMILES string of the molecule is CO[SiH](OC)C(C)CC1CCCC1. The van der Waals surface area contributed by atoms with Gasteiger partial charge in [0.2, 0.25) is 0 Å². The van der Waals surface area contributed by atoms with Crippen LogP contribution in [0.1, 0.15) is 39.0 Å². The lowest BCUT2D eigenvalue weighted by Crippen LogP contribution is -2.25. The van der Waals surface area contributed by atoms with E-state index in [0.29, 0.717) is 5.54 Å². The van der Waals surface area contributed by atoms with E-state index in [1.165, 1.54) is 32.1 Å². The highest BCUT2D eigenvalue weighted by molar-refractivity contribution is 6.46. The molecule has 0 aliphatic heterocycles. The Morgan fingerprint density at radius 1 is 1.23 bits per heavy atom. The Balaban J connectivity index is 2.25. The van der Waals surface area contributed by atoms with Gasteiger partial charge >= 0.3 is 9.28 Å². The second kappa shape index (κ2) is 5.78. The molecule has 0 aromatic carbocycles. The number of rotatable bonds is 5. The minimum atomic E-state index is -1.34. The molecule has 0 aromatic rings. The highest BCUT2D eigenvalue weighted by Gasteiger charge is 2.25. The molecule has 1 rings (SSSR count). The fraction of sp³-hybridized carbons (Fsp3) is 1.00. The van der Waals surface area contributed by atoms with E-state index < -0.39 is 9.28 Å². The largest absolute Gasteiger partial charge is 0.400 e. The fourth-order valence-electron chi connectivity index (χ4n) is 2.44. The third-order valence-electron chi connectivity index (χ3n) is 3.11. The van der Waals surface area contributed by atoms with E-state index in [1.54, 1.807) is 14.2 Å². The van der Waals surface area contributed by atoms with Gasteiger partial charge in [-0.1, -0.05) is 32.6 Å². The molecule has 3 heteroatoms. The smallest absolute Gasteiger partial charge is 0.323 e. The van der Waals surface area contributed by atoms with Gasteiger partial charge in [0.25, 0.3) is 0 Å². The van der Waals surface area contributed by atoms with Crippen molar-refractivity contribution in [3.63, 3.8) is 0 Å². The molecule has 0 bridgehead atoms. The monoisotopic (exact) mass is 202 g/mol. The molecule has 0 saturated heterocycles. The average Bonchev–Trinajstić information content (AvgIpc) is 2.59. The Morgan fingerprint density at radius 2 is 1.77 bits per heavy atom. The van der Waals surface area contributed by atoms with E-state index in [1.807, 2.05) is 0 Å². The predicted octanol–water partition coefficient (Wildman–Crippen LogP) is 2.47. The Labute approximate surface area is 83.5 Å². The first-order valence-corrected chi connectivity index (χ1v) is 6.94. The minimum Gasteiger partial charge on any atom is -0.400 e. The molecule has 0 spiro atoms. The Hall–Kier alpha value is 0.137. The van der Waals surface area contributed by atoms with E-state index in [9.17, 15) is 0 Å². The second-order valence-electron chi connectivity index (χ2n) is 4.20. The van der Waals surface area contributed by atoms with Crippen LogP contribution in [-0.2, 0) is 8.85 Å². The zero-order valence-corrected chi connectivity index (χ0v) is 10.2. The molecule has 0 radical (unpaired) electrons. The van der Waals surface area contributed by atoms with E-state index >= 15 is 0 Å². The van der Waals surface area contributed by atoms with Gasteiger partial charge in [-0.25, -0.2) is 0 Å². The predicted molar refractivity (Wildman–Crippen MR) is 57.2 cm³/mol. The summed E-state index contributed by atoms with van der Waals surface area (Å²) in [5.41, 5.74) is 0.665. The van der Waals surface area contributed by atoms with Gasteiger partial charge in [0.05, 0.1) is 0 Å². The summed E-state index contributed by atoms with van der Waals surface area (Å²) in [7, 11) is 2.22. The first kappa shape index (κ1) is 11.2. The van der Waals surface area contributed by atoms with Crippen LogP contribution in [0.15, 0.2) is 0 Å². The van der Waals surface area contributed by atoms with Gasteiger partial charge < -0.3 is 8.85 Å². The van der Waals surface area contributed by atoms with E-state index in [0.717, 1.165) is 5.92 Å². The van der Waals surface area contributed by atoms with Crippen molar-refractivity contribution in [3.8, 4) is 0 Å². The normalized spacial score (nSPS) is 21.2. The Bertz CT molecular complexity index is 131. The lowest BCUT2D eigenvalue weighted by atomic mass is 10.0. The maximum atomic E-state index is 5.39. The second-order valence-corrected chi connectivity index (χ2v) is 7.02. The van der Waals surface area contributed by atoms with E-state index in [4.69, 9.17) is 8.85 Å². The van der Waals surface area contributed by atoms with Crippen LogP contribution in [0.5, 0.6) is 0 Å². The summed E-state index contributed by atoms with van der Waals surface area (Å²) < 4.78 is 10.8. The van der Waals surface area contributed by atoms with Crippen molar-refractivity contribution in [1.29, 1.82) is 0 Å². The van der Waals surface area contributed by atoms with Crippen LogP contribution < -0.4 is 0 Å². The van der Waals surface area contributed by atoms with Crippen molar-refractivity contribution < 1.29 is 8.85 Å². The molecule has 1 aliphatic rings. The lowest BCUT2D eigenvalue weighted by Gasteiger charge is -2.21. The Morgan fingerprint density at radius 3 is 2.23 bits per heavy atom. The molecule has 1 atom stereocenters. The molecule has 0 N–H and O–H groups in total. The van der Waals surface area contributed by atoms with E-state index in [-0.39, 0.29) is 0 Å². The van der Waals surface area contributed by atoms with Gasteiger partial charge in [0, 0.05) is 14.2 Å². The van der Waals surface area contributed by atoms with Crippen LogP contribution in [0.2, 0.25) is 5.54 Å². The van der Waals surface area contributed by atoms with Crippen LogP contribution >= 0.6 is 0 Å². The van der Waals surface area contributed by atoms with E-state index in [2.05, 4.69) is 6.92 Å². The summed E-state index contributed by atoms with van der Waals surface area (Å²) in [4.78, 5) is 0. The van der Waals surface area contributed by atoms with Gasteiger partial charge in [-0.05, 0) is 17.9 Å². The zero-order chi connectivity index (χ0) is 9.68. The average molecular weight is 202 g/mol. The molecule has 1 aliphatic carbocycles. The topological polar surface area (TPSA) is 18.5 Å². The molecule has 1 unspecified atom stereocenters. The van der Waals surface area contributed by atoms with Crippen LogP contribution in [0.4, 0.5) is 0 Å². The molecule has 1 fully saturated rings. The highest BCUT2D eigenvalue weighted by Crippen LogP contribution is 2.33. The van der Waals surface area contributed by atoms with Crippen molar-refractivity contribution in [2.24, 2.45) is 5.92 Å². The van der Waals surface area contributed by atoms with Crippen LogP contribution in [0.3, 0.4) is 0 Å². The molecule has 78 valence electrons. The van der Waals surface area contributed by atoms with Crippen molar-refractivity contribution in [2.45, 2.75) is 44.6 Å². The number of hydrogen-bond acceptors (Lipinski definition) is 2. The molecule has 13 heavy (non-hydrogen) atoms. The standard InChI is InChI=1S/C10H22O2Si/c1-9(13(11-2)12-3)8-10-6-4-5-7-10/h9-10,13H,4-8H2,1-3H3. The maximum absolute atomic E-state index is 5.39.